The lowest BCUT2D eigenvalue weighted by Crippen LogP contribution is -1.98. The second-order valence-electron chi connectivity index (χ2n) is 4.81. The Morgan fingerprint density at radius 1 is 1.00 bits per heavy atom. The summed E-state index contributed by atoms with van der Waals surface area (Å²) in [5.74, 6) is 0.882. The minimum atomic E-state index is -0.176. The predicted molar refractivity (Wildman–Crippen MR) is 79.8 cm³/mol. The topological polar surface area (TPSA) is 13.1 Å². The fourth-order valence-electron chi connectivity index (χ4n) is 2.55. The first-order valence-electron chi connectivity index (χ1n) is 6.35. The molecule has 1 unspecified atom stereocenters. The molecule has 1 atom stereocenters. The van der Waals surface area contributed by atoms with Gasteiger partial charge < -0.3 is 4.42 Å². The molecule has 0 aliphatic rings. The van der Waals surface area contributed by atoms with E-state index in [1.165, 1.54) is 21.9 Å². The largest absolute Gasteiger partial charge is 0.469 e. The van der Waals surface area contributed by atoms with Gasteiger partial charge in [0.1, 0.15) is 5.76 Å². The zero-order chi connectivity index (χ0) is 13.4. The summed E-state index contributed by atoms with van der Waals surface area (Å²) in [4.78, 5) is 0. The number of benzene rings is 2. The van der Waals surface area contributed by atoms with Crippen molar-refractivity contribution in [2.24, 2.45) is 0 Å². The van der Waals surface area contributed by atoms with Crippen molar-refractivity contribution in [3.63, 3.8) is 0 Å². The summed E-state index contributed by atoms with van der Waals surface area (Å²) < 4.78 is 5.37. The van der Waals surface area contributed by atoms with Crippen LogP contribution in [0.15, 0.2) is 53.1 Å². The van der Waals surface area contributed by atoms with Crippen LogP contribution >= 0.6 is 11.6 Å². The molecule has 0 amide bonds. The standard InChI is InChI=1S/C17H15ClO/c1-11-7-8-13-5-3-4-6-15(13)16(11)17(18)14-9-10-19-12(14)2/h3-10,17H,1-2H3. The average molecular weight is 271 g/mol. The summed E-state index contributed by atoms with van der Waals surface area (Å²) >= 11 is 6.70. The van der Waals surface area contributed by atoms with Crippen molar-refractivity contribution in [3.05, 3.63) is 71.2 Å². The monoisotopic (exact) mass is 270 g/mol. The molecule has 0 aliphatic carbocycles. The molecule has 1 aromatic heterocycles. The maximum atomic E-state index is 6.70. The van der Waals surface area contributed by atoms with E-state index in [1.54, 1.807) is 6.26 Å². The van der Waals surface area contributed by atoms with E-state index in [1.807, 2.05) is 19.1 Å². The van der Waals surface area contributed by atoms with Crippen LogP contribution in [-0.4, -0.2) is 0 Å². The summed E-state index contributed by atoms with van der Waals surface area (Å²) in [5.41, 5.74) is 3.42. The van der Waals surface area contributed by atoms with Crippen molar-refractivity contribution in [3.8, 4) is 0 Å². The van der Waals surface area contributed by atoms with E-state index in [2.05, 4.69) is 37.3 Å². The molecule has 0 fully saturated rings. The summed E-state index contributed by atoms with van der Waals surface area (Å²) in [6.45, 7) is 4.05. The Hall–Kier alpha value is -1.73. The minimum Gasteiger partial charge on any atom is -0.469 e. The van der Waals surface area contributed by atoms with Crippen molar-refractivity contribution >= 4 is 22.4 Å². The van der Waals surface area contributed by atoms with Crippen molar-refractivity contribution in [1.29, 1.82) is 0 Å². The van der Waals surface area contributed by atoms with Gasteiger partial charge in [-0.15, -0.1) is 11.6 Å². The van der Waals surface area contributed by atoms with E-state index in [-0.39, 0.29) is 5.38 Å². The van der Waals surface area contributed by atoms with Crippen molar-refractivity contribution in [1.82, 2.24) is 0 Å². The number of halogens is 1. The third-order valence-electron chi connectivity index (χ3n) is 3.61. The van der Waals surface area contributed by atoms with Crippen LogP contribution in [0.5, 0.6) is 0 Å². The summed E-state index contributed by atoms with van der Waals surface area (Å²) in [7, 11) is 0. The van der Waals surface area contributed by atoms with Crippen LogP contribution in [0.2, 0.25) is 0 Å². The molecule has 2 heteroatoms. The number of hydrogen-bond donors (Lipinski definition) is 0. The summed E-state index contributed by atoms with van der Waals surface area (Å²) in [6, 6.07) is 14.6. The van der Waals surface area contributed by atoms with Gasteiger partial charge >= 0.3 is 0 Å². The van der Waals surface area contributed by atoms with Gasteiger partial charge in [-0.25, -0.2) is 0 Å². The molecule has 19 heavy (non-hydrogen) atoms. The van der Waals surface area contributed by atoms with Crippen LogP contribution in [0.1, 0.15) is 27.8 Å². The van der Waals surface area contributed by atoms with Gasteiger partial charge in [0.15, 0.2) is 0 Å². The van der Waals surface area contributed by atoms with Crippen molar-refractivity contribution in [2.75, 3.05) is 0 Å². The van der Waals surface area contributed by atoms with Gasteiger partial charge in [-0.05, 0) is 41.8 Å². The predicted octanol–water partition coefficient (Wildman–Crippen LogP) is 5.38. The number of fused-ring (bicyclic) bond motifs is 1. The quantitative estimate of drug-likeness (QED) is 0.570. The van der Waals surface area contributed by atoms with Gasteiger partial charge in [-0.2, -0.15) is 0 Å². The lowest BCUT2D eigenvalue weighted by molar-refractivity contribution is 0.530. The maximum Gasteiger partial charge on any atom is 0.105 e. The Kier molecular flexibility index (Phi) is 3.08. The van der Waals surface area contributed by atoms with E-state index < -0.39 is 0 Å². The number of alkyl halides is 1. The van der Waals surface area contributed by atoms with Gasteiger partial charge in [0.25, 0.3) is 0 Å². The van der Waals surface area contributed by atoms with Gasteiger partial charge in [-0.1, -0.05) is 36.4 Å². The van der Waals surface area contributed by atoms with Gasteiger partial charge in [-0.3, -0.25) is 0 Å². The lowest BCUT2D eigenvalue weighted by Gasteiger charge is -2.15. The van der Waals surface area contributed by atoms with E-state index in [0.717, 1.165) is 11.3 Å². The molecule has 0 bridgehead atoms. The highest BCUT2D eigenvalue weighted by Gasteiger charge is 2.19. The van der Waals surface area contributed by atoms with Crippen LogP contribution in [-0.2, 0) is 0 Å². The Balaban J connectivity index is 2.24. The van der Waals surface area contributed by atoms with E-state index in [0.29, 0.717) is 0 Å². The molecule has 0 saturated heterocycles. The average Bonchev–Trinajstić information content (AvgIpc) is 2.84. The Labute approximate surface area is 117 Å². The number of rotatable bonds is 2. The van der Waals surface area contributed by atoms with Crippen LogP contribution < -0.4 is 0 Å². The molecule has 0 radical (unpaired) electrons. The number of furan rings is 1. The maximum absolute atomic E-state index is 6.70. The van der Waals surface area contributed by atoms with Gasteiger partial charge in [0, 0.05) is 5.56 Å². The Bertz CT molecular complexity index is 727. The first kappa shape index (κ1) is 12.3. The van der Waals surface area contributed by atoms with Gasteiger partial charge in [0.2, 0.25) is 0 Å². The molecular formula is C17H15ClO. The van der Waals surface area contributed by atoms with Crippen LogP contribution in [0.25, 0.3) is 10.8 Å². The van der Waals surface area contributed by atoms with Crippen molar-refractivity contribution in [2.45, 2.75) is 19.2 Å². The molecule has 0 spiro atoms. The fraction of sp³-hybridized carbons (Fsp3) is 0.176. The van der Waals surface area contributed by atoms with Gasteiger partial charge in [0.05, 0.1) is 11.6 Å². The van der Waals surface area contributed by atoms with Crippen LogP contribution in [0.3, 0.4) is 0 Å². The highest BCUT2D eigenvalue weighted by Crippen LogP contribution is 2.37. The summed E-state index contributed by atoms with van der Waals surface area (Å²) in [6.07, 6.45) is 1.69. The molecule has 2 aromatic carbocycles. The first-order chi connectivity index (χ1) is 9.18. The lowest BCUT2D eigenvalue weighted by atomic mass is 9.94. The highest BCUT2D eigenvalue weighted by atomic mass is 35.5. The number of aryl methyl sites for hydroxylation is 2. The molecule has 96 valence electrons. The molecule has 1 nitrogen and oxygen atoms in total. The molecular weight excluding hydrogens is 256 g/mol. The zero-order valence-corrected chi connectivity index (χ0v) is 11.7. The Morgan fingerprint density at radius 2 is 1.79 bits per heavy atom. The molecule has 0 aliphatic heterocycles. The second-order valence-corrected chi connectivity index (χ2v) is 5.25. The zero-order valence-electron chi connectivity index (χ0n) is 11.0. The van der Waals surface area contributed by atoms with Crippen molar-refractivity contribution < 1.29 is 4.42 Å². The fourth-order valence-corrected chi connectivity index (χ4v) is 3.07. The second kappa shape index (κ2) is 4.75. The molecule has 1 heterocycles. The molecule has 0 N–H and O–H groups in total. The third-order valence-corrected chi connectivity index (χ3v) is 4.07. The molecule has 0 saturated carbocycles. The number of hydrogen-bond acceptors (Lipinski definition) is 1. The van der Waals surface area contributed by atoms with E-state index in [4.69, 9.17) is 16.0 Å². The van der Waals surface area contributed by atoms with E-state index in [9.17, 15) is 0 Å². The Morgan fingerprint density at radius 3 is 2.53 bits per heavy atom. The third kappa shape index (κ3) is 2.04. The highest BCUT2D eigenvalue weighted by molar-refractivity contribution is 6.23. The minimum absolute atomic E-state index is 0.176. The van der Waals surface area contributed by atoms with Crippen LogP contribution in [0, 0.1) is 13.8 Å². The molecule has 3 aromatic rings. The molecule has 3 rings (SSSR count). The summed E-state index contributed by atoms with van der Waals surface area (Å²) in [5, 5.41) is 2.25. The van der Waals surface area contributed by atoms with Crippen LogP contribution in [0.4, 0.5) is 0 Å². The SMILES string of the molecule is Cc1ccc2ccccc2c1C(Cl)c1ccoc1C. The normalized spacial score (nSPS) is 12.8. The first-order valence-corrected chi connectivity index (χ1v) is 6.78. The van der Waals surface area contributed by atoms with E-state index >= 15 is 0 Å². The smallest absolute Gasteiger partial charge is 0.105 e.